The monoisotopic (exact) mass is 426 g/mol. The fourth-order valence-electron chi connectivity index (χ4n) is 3.61. The Balaban J connectivity index is 0.000000293. The standard InChI is InChI=1S/C18H20N4O.C3H6N2O3/c19-17-16-18(21-11-20-17)23-10-15(22-16)14-8-6-13(7-9-14)12-4-2-1-3-5-12;4-5(2-6)1-3(7)8/h6-9,11-12H,1-5,10H2,(H2,19,20,21);2H,1,4H2,(H,7,8). The summed E-state index contributed by atoms with van der Waals surface area (Å²) in [5, 5.41) is 8.48. The van der Waals surface area contributed by atoms with Crippen LogP contribution in [0, 0.1) is 0 Å². The molecule has 0 unspecified atom stereocenters. The van der Waals surface area contributed by atoms with Gasteiger partial charge in [-0.05, 0) is 29.9 Å². The van der Waals surface area contributed by atoms with E-state index in [0.717, 1.165) is 11.3 Å². The number of carbonyl (C=O) groups is 2. The highest BCUT2D eigenvalue weighted by atomic mass is 16.5. The van der Waals surface area contributed by atoms with E-state index < -0.39 is 12.5 Å². The van der Waals surface area contributed by atoms with Crippen molar-refractivity contribution in [1.29, 1.82) is 0 Å². The Labute approximate surface area is 179 Å². The minimum absolute atomic E-state index is 0.244. The Morgan fingerprint density at radius 1 is 1.19 bits per heavy atom. The van der Waals surface area contributed by atoms with Crippen molar-refractivity contribution < 1.29 is 19.4 Å². The Morgan fingerprint density at radius 3 is 2.52 bits per heavy atom. The summed E-state index contributed by atoms with van der Waals surface area (Å²) in [7, 11) is 0. The van der Waals surface area contributed by atoms with E-state index in [0.29, 0.717) is 34.9 Å². The van der Waals surface area contributed by atoms with Crippen LogP contribution in [0.15, 0.2) is 35.6 Å². The molecule has 0 saturated heterocycles. The Bertz CT molecular complexity index is 941. The van der Waals surface area contributed by atoms with Gasteiger partial charge in [0.1, 0.15) is 19.5 Å². The number of anilines is 1. The third-order valence-electron chi connectivity index (χ3n) is 5.18. The lowest BCUT2D eigenvalue weighted by molar-refractivity contribution is -0.140. The van der Waals surface area contributed by atoms with Crippen LogP contribution in [0.25, 0.3) is 0 Å². The number of aliphatic imine (C=N–C) groups is 1. The van der Waals surface area contributed by atoms with Crippen LogP contribution in [0.2, 0.25) is 0 Å². The molecule has 1 aromatic heterocycles. The molecule has 2 heterocycles. The van der Waals surface area contributed by atoms with Crippen LogP contribution in [0.4, 0.5) is 11.5 Å². The SMILES string of the molecule is NN(C=O)CC(=O)O.Nc1ncnc2c1N=C(c1ccc(C3CCCCC3)cc1)CO2. The molecule has 0 radical (unpaired) electrons. The highest BCUT2D eigenvalue weighted by Gasteiger charge is 2.20. The number of carboxylic acids is 1. The minimum Gasteiger partial charge on any atom is -0.480 e. The van der Waals surface area contributed by atoms with Gasteiger partial charge in [-0.1, -0.05) is 43.5 Å². The molecule has 1 saturated carbocycles. The number of nitrogens with zero attached hydrogens (tertiary/aromatic N) is 4. The zero-order valence-corrected chi connectivity index (χ0v) is 17.1. The second-order valence-electron chi connectivity index (χ2n) is 7.39. The number of nitrogens with two attached hydrogens (primary N) is 2. The molecule has 2 aliphatic rings. The van der Waals surface area contributed by atoms with E-state index in [2.05, 4.69) is 39.2 Å². The van der Waals surface area contributed by atoms with E-state index in [9.17, 15) is 9.59 Å². The van der Waals surface area contributed by atoms with Gasteiger partial charge in [0.25, 0.3) is 0 Å². The molecule has 0 atom stereocenters. The lowest BCUT2D eigenvalue weighted by Gasteiger charge is -2.22. The number of aliphatic carboxylic acids is 1. The van der Waals surface area contributed by atoms with E-state index in [4.69, 9.17) is 21.4 Å². The maximum atomic E-state index is 9.69. The van der Waals surface area contributed by atoms with Crippen LogP contribution in [-0.2, 0) is 9.59 Å². The van der Waals surface area contributed by atoms with Gasteiger partial charge in [0.2, 0.25) is 12.3 Å². The number of carbonyl (C=O) groups excluding carboxylic acids is 1. The predicted octanol–water partition coefficient (Wildman–Crippen LogP) is 2.02. The number of hydrogen-bond donors (Lipinski definition) is 3. The summed E-state index contributed by atoms with van der Waals surface area (Å²) in [6.07, 6.45) is 8.34. The zero-order chi connectivity index (χ0) is 22.2. The van der Waals surface area contributed by atoms with Crippen molar-refractivity contribution in [2.75, 3.05) is 18.9 Å². The van der Waals surface area contributed by atoms with Gasteiger partial charge < -0.3 is 15.6 Å². The molecule has 2 aromatic rings. The first kappa shape index (κ1) is 22.2. The lowest BCUT2D eigenvalue weighted by Crippen LogP contribution is -2.34. The number of aromatic nitrogens is 2. The van der Waals surface area contributed by atoms with Crippen LogP contribution in [0.1, 0.15) is 49.1 Å². The summed E-state index contributed by atoms with van der Waals surface area (Å²) >= 11 is 0. The number of rotatable bonds is 5. The molecule has 4 rings (SSSR count). The molecule has 0 spiro atoms. The molecule has 10 nitrogen and oxygen atoms in total. The Hall–Kier alpha value is -3.53. The average molecular weight is 426 g/mol. The number of amides is 1. The molecule has 1 fully saturated rings. The third kappa shape index (κ3) is 5.98. The third-order valence-corrected chi connectivity index (χ3v) is 5.18. The van der Waals surface area contributed by atoms with Crippen molar-refractivity contribution in [1.82, 2.24) is 15.0 Å². The first-order valence-corrected chi connectivity index (χ1v) is 10.1. The number of fused-ring (bicyclic) bond motifs is 1. The van der Waals surface area contributed by atoms with Crippen molar-refractivity contribution >= 4 is 29.6 Å². The van der Waals surface area contributed by atoms with Gasteiger partial charge in [0, 0.05) is 0 Å². The smallest absolute Gasteiger partial charge is 0.324 e. The van der Waals surface area contributed by atoms with E-state index in [1.54, 1.807) is 0 Å². The summed E-state index contributed by atoms with van der Waals surface area (Å²) in [5.74, 6) is 5.16. The lowest BCUT2D eigenvalue weighted by atomic mass is 9.84. The second-order valence-corrected chi connectivity index (χ2v) is 7.39. The summed E-state index contributed by atoms with van der Waals surface area (Å²) < 4.78 is 5.66. The maximum absolute atomic E-state index is 9.69. The van der Waals surface area contributed by atoms with Gasteiger partial charge in [0.15, 0.2) is 11.5 Å². The molecule has 1 aliphatic carbocycles. The van der Waals surface area contributed by atoms with Gasteiger partial charge in [-0.25, -0.2) is 15.8 Å². The zero-order valence-electron chi connectivity index (χ0n) is 17.1. The normalized spacial score (nSPS) is 15.5. The van der Waals surface area contributed by atoms with Crippen molar-refractivity contribution in [3.63, 3.8) is 0 Å². The van der Waals surface area contributed by atoms with Gasteiger partial charge in [-0.15, -0.1) is 0 Å². The number of carboxylic acid groups (broad SMARTS) is 1. The summed E-state index contributed by atoms with van der Waals surface area (Å²) in [6.45, 7) is -0.0459. The van der Waals surface area contributed by atoms with Gasteiger partial charge in [-0.3, -0.25) is 14.6 Å². The first-order chi connectivity index (χ1) is 15.0. The molecule has 0 bridgehead atoms. The molecule has 31 heavy (non-hydrogen) atoms. The fourth-order valence-corrected chi connectivity index (χ4v) is 3.61. The Morgan fingerprint density at radius 2 is 1.90 bits per heavy atom. The van der Waals surface area contributed by atoms with E-state index in [-0.39, 0.29) is 6.41 Å². The van der Waals surface area contributed by atoms with Gasteiger partial charge in [-0.2, -0.15) is 4.98 Å². The summed E-state index contributed by atoms with van der Waals surface area (Å²) in [6, 6.07) is 8.73. The quantitative estimate of drug-likeness (QED) is 0.284. The second kappa shape index (κ2) is 10.5. The van der Waals surface area contributed by atoms with E-state index in [1.807, 2.05) is 0 Å². The van der Waals surface area contributed by atoms with Crippen molar-refractivity contribution in [2.45, 2.75) is 38.0 Å². The molecule has 1 aromatic carbocycles. The average Bonchev–Trinajstić information content (AvgIpc) is 2.80. The molecule has 10 heteroatoms. The molecular weight excluding hydrogens is 400 g/mol. The number of nitrogen functional groups attached to an aromatic ring is 1. The Kier molecular flexibility index (Phi) is 7.50. The van der Waals surface area contributed by atoms with Crippen LogP contribution < -0.4 is 16.3 Å². The summed E-state index contributed by atoms with van der Waals surface area (Å²) in [4.78, 5) is 31.9. The van der Waals surface area contributed by atoms with Crippen LogP contribution in [0.3, 0.4) is 0 Å². The molecule has 164 valence electrons. The molecular formula is C21H26N6O4. The predicted molar refractivity (Wildman–Crippen MR) is 115 cm³/mol. The maximum Gasteiger partial charge on any atom is 0.324 e. The minimum atomic E-state index is -1.13. The van der Waals surface area contributed by atoms with E-state index >= 15 is 0 Å². The van der Waals surface area contributed by atoms with Crippen LogP contribution in [0.5, 0.6) is 5.88 Å². The van der Waals surface area contributed by atoms with Crippen molar-refractivity contribution in [2.24, 2.45) is 10.8 Å². The van der Waals surface area contributed by atoms with Crippen LogP contribution in [-0.4, -0.2) is 51.3 Å². The molecule has 5 N–H and O–H groups in total. The first-order valence-electron chi connectivity index (χ1n) is 10.1. The summed E-state index contributed by atoms with van der Waals surface area (Å²) in [5.41, 5.74) is 9.77. The van der Waals surface area contributed by atoms with E-state index in [1.165, 1.54) is 44.0 Å². The molecule has 1 amide bonds. The van der Waals surface area contributed by atoms with Gasteiger partial charge >= 0.3 is 5.97 Å². The number of hydrogen-bond acceptors (Lipinski definition) is 8. The highest BCUT2D eigenvalue weighted by molar-refractivity contribution is 6.04. The number of hydrazine groups is 1. The van der Waals surface area contributed by atoms with Crippen LogP contribution >= 0.6 is 0 Å². The van der Waals surface area contributed by atoms with Crippen molar-refractivity contribution in [3.8, 4) is 5.88 Å². The van der Waals surface area contributed by atoms with Gasteiger partial charge in [0.05, 0.1) is 5.71 Å². The largest absolute Gasteiger partial charge is 0.480 e. The highest BCUT2D eigenvalue weighted by Crippen LogP contribution is 2.35. The topological polar surface area (TPSA) is 157 Å². The number of ether oxygens (including phenoxy) is 1. The van der Waals surface area contributed by atoms with Crippen molar-refractivity contribution in [3.05, 3.63) is 41.7 Å². The number of benzene rings is 1. The fraction of sp³-hybridized carbons (Fsp3) is 0.381. The molecule has 1 aliphatic heterocycles.